The Morgan fingerprint density at radius 3 is 2.32 bits per heavy atom. The molecule has 194 valence electrons. The largest absolute Gasteiger partial charge is 0.497 e. The summed E-state index contributed by atoms with van der Waals surface area (Å²) in [4.78, 5) is 43.4. The van der Waals surface area contributed by atoms with Crippen LogP contribution in [-0.4, -0.2) is 55.5 Å². The highest BCUT2D eigenvalue weighted by molar-refractivity contribution is 6.09. The van der Waals surface area contributed by atoms with Crippen LogP contribution >= 0.6 is 0 Å². The molecule has 2 N–H and O–H groups in total. The van der Waals surface area contributed by atoms with Gasteiger partial charge >= 0.3 is 6.03 Å². The van der Waals surface area contributed by atoms with E-state index in [0.29, 0.717) is 30.2 Å². The van der Waals surface area contributed by atoms with Gasteiger partial charge in [-0.1, -0.05) is 48.5 Å². The Morgan fingerprint density at radius 1 is 0.921 bits per heavy atom. The maximum Gasteiger partial charge on any atom is 0.320 e. The molecule has 8 heteroatoms. The summed E-state index contributed by atoms with van der Waals surface area (Å²) >= 11 is 0. The van der Waals surface area contributed by atoms with Crippen molar-refractivity contribution in [2.75, 3.05) is 37.0 Å². The topological polar surface area (TPSA) is 91.0 Å². The number of benzene rings is 3. The fourth-order valence-corrected chi connectivity index (χ4v) is 4.87. The first kappa shape index (κ1) is 25.1. The molecule has 0 radical (unpaired) electrons. The predicted molar refractivity (Wildman–Crippen MR) is 147 cm³/mol. The van der Waals surface area contributed by atoms with Crippen molar-refractivity contribution in [3.8, 4) is 5.75 Å². The van der Waals surface area contributed by atoms with Gasteiger partial charge in [0.2, 0.25) is 5.91 Å². The smallest absolute Gasteiger partial charge is 0.320 e. The molecule has 0 saturated carbocycles. The first-order chi connectivity index (χ1) is 18.5. The molecule has 3 aromatic rings. The monoisotopic (exact) mass is 510 g/mol. The summed E-state index contributed by atoms with van der Waals surface area (Å²) in [7, 11) is 1.57. The van der Waals surface area contributed by atoms with E-state index in [1.165, 1.54) is 4.90 Å². The minimum atomic E-state index is -0.998. The molecule has 2 aliphatic rings. The van der Waals surface area contributed by atoms with Crippen LogP contribution < -0.4 is 20.3 Å². The Labute approximate surface area is 221 Å². The van der Waals surface area contributed by atoms with E-state index in [1.807, 2.05) is 54.6 Å². The number of carbonyl (C=O) groups excluding carboxylic acids is 3. The number of urea groups is 1. The fourth-order valence-electron chi connectivity index (χ4n) is 4.87. The molecule has 2 aliphatic heterocycles. The van der Waals surface area contributed by atoms with Gasteiger partial charge in [0.25, 0.3) is 5.91 Å². The van der Waals surface area contributed by atoms with Crippen LogP contribution in [0.4, 0.5) is 16.2 Å². The lowest BCUT2D eigenvalue weighted by atomic mass is 9.95. The van der Waals surface area contributed by atoms with Crippen molar-refractivity contribution in [3.63, 3.8) is 0 Å². The molecule has 0 bridgehead atoms. The zero-order valence-corrected chi connectivity index (χ0v) is 21.2. The van der Waals surface area contributed by atoms with Gasteiger partial charge in [0.15, 0.2) is 0 Å². The summed E-state index contributed by atoms with van der Waals surface area (Å²) in [5.74, 6) is 0.192. The summed E-state index contributed by atoms with van der Waals surface area (Å²) in [6.07, 6.45) is 3.70. The summed E-state index contributed by atoms with van der Waals surface area (Å²) in [6.45, 7) is 1.30. The Bertz CT molecular complexity index is 1350. The standard InChI is InChI=1S/C30H30N4O4/c1-38-23-15-13-22(14-16-23)31-30(37)32-26-19-25(21-9-3-2-4-10-21)24-11-5-6-12-27(24)34(29(26)36)20-28(35)33-17-7-8-18-33/h2-6,9-16,19,26H,7-8,17-18,20H2,1H3,(H2,31,32,37). The number of hydrogen-bond donors (Lipinski definition) is 2. The molecule has 1 unspecified atom stereocenters. The van der Waals surface area contributed by atoms with Crippen molar-refractivity contribution in [2.24, 2.45) is 0 Å². The van der Waals surface area contributed by atoms with Gasteiger partial charge in [-0.25, -0.2) is 4.79 Å². The molecule has 5 rings (SSSR count). The predicted octanol–water partition coefficient (Wildman–Crippen LogP) is 4.29. The third-order valence-corrected chi connectivity index (χ3v) is 6.82. The number of carbonyl (C=O) groups is 3. The molecule has 4 amide bonds. The SMILES string of the molecule is COc1ccc(NC(=O)NC2C=C(c3ccccc3)c3ccccc3N(CC(=O)N3CCCC3)C2=O)cc1. The molecule has 38 heavy (non-hydrogen) atoms. The third-order valence-electron chi connectivity index (χ3n) is 6.82. The number of nitrogens with one attached hydrogen (secondary N) is 2. The lowest BCUT2D eigenvalue weighted by Gasteiger charge is -2.27. The van der Waals surface area contributed by atoms with E-state index >= 15 is 0 Å². The van der Waals surface area contributed by atoms with E-state index < -0.39 is 12.1 Å². The Balaban J connectivity index is 1.49. The quantitative estimate of drug-likeness (QED) is 0.518. The number of likely N-dealkylation sites (tertiary alicyclic amines) is 1. The van der Waals surface area contributed by atoms with Crippen LogP contribution in [0.3, 0.4) is 0 Å². The summed E-state index contributed by atoms with van der Waals surface area (Å²) in [5.41, 5.74) is 3.73. The van der Waals surface area contributed by atoms with Gasteiger partial charge in [-0.05, 0) is 60.4 Å². The highest BCUT2D eigenvalue weighted by Crippen LogP contribution is 2.35. The van der Waals surface area contributed by atoms with Crippen LogP contribution in [-0.2, 0) is 9.59 Å². The Morgan fingerprint density at radius 2 is 1.61 bits per heavy atom. The van der Waals surface area contributed by atoms with E-state index in [0.717, 1.165) is 29.5 Å². The first-order valence-corrected chi connectivity index (χ1v) is 12.7. The van der Waals surface area contributed by atoms with Gasteiger partial charge in [0.1, 0.15) is 18.3 Å². The molecule has 0 spiro atoms. The van der Waals surface area contributed by atoms with Gasteiger partial charge in [0.05, 0.1) is 12.8 Å². The molecule has 8 nitrogen and oxygen atoms in total. The fraction of sp³-hybridized carbons (Fsp3) is 0.233. The van der Waals surface area contributed by atoms with Crippen LogP contribution in [0.5, 0.6) is 5.75 Å². The Kier molecular flexibility index (Phi) is 7.40. The lowest BCUT2D eigenvalue weighted by Crippen LogP contribution is -2.51. The minimum absolute atomic E-state index is 0.0932. The number of nitrogens with zero attached hydrogens (tertiary/aromatic N) is 2. The van der Waals surface area contributed by atoms with Crippen molar-refractivity contribution in [3.05, 3.63) is 96.1 Å². The summed E-state index contributed by atoms with van der Waals surface area (Å²) < 4.78 is 5.17. The highest BCUT2D eigenvalue weighted by Gasteiger charge is 2.34. The number of amides is 4. The van der Waals surface area contributed by atoms with Gasteiger partial charge < -0.3 is 25.2 Å². The van der Waals surface area contributed by atoms with Gasteiger partial charge in [0, 0.05) is 24.3 Å². The number of fused-ring (bicyclic) bond motifs is 1. The molecular formula is C30H30N4O4. The maximum absolute atomic E-state index is 14.0. The number of methoxy groups -OCH3 is 1. The number of ether oxygens (including phenoxy) is 1. The average Bonchev–Trinajstić information content (AvgIpc) is 3.47. The van der Waals surface area contributed by atoms with Crippen LogP contribution in [0.1, 0.15) is 24.0 Å². The number of rotatable bonds is 6. The van der Waals surface area contributed by atoms with E-state index in [-0.39, 0.29) is 18.4 Å². The second-order valence-electron chi connectivity index (χ2n) is 9.28. The van der Waals surface area contributed by atoms with Crippen LogP contribution in [0.15, 0.2) is 84.9 Å². The lowest BCUT2D eigenvalue weighted by molar-refractivity contribution is -0.130. The second-order valence-corrected chi connectivity index (χ2v) is 9.28. The number of para-hydroxylation sites is 1. The van der Waals surface area contributed by atoms with Crippen molar-refractivity contribution in [1.29, 1.82) is 0 Å². The van der Waals surface area contributed by atoms with E-state index in [4.69, 9.17) is 4.74 Å². The molecule has 3 aromatic carbocycles. The minimum Gasteiger partial charge on any atom is -0.497 e. The maximum atomic E-state index is 14.0. The van der Waals surface area contributed by atoms with Gasteiger partial charge in [-0.15, -0.1) is 0 Å². The molecule has 2 heterocycles. The zero-order valence-electron chi connectivity index (χ0n) is 21.2. The van der Waals surface area contributed by atoms with Crippen LogP contribution in [0, 0.1) is 0 Å². The van der Waals surface area contributed by atoms with E-state index in [9.17, 15) is 14.4 Å². The first-order valence-electron chi connectivity index (χ1n) is 12.7. The van der Waals surface area contributed by atoms with Crippen molar-refractivity contribution < 1.29 is 19.1 Å². The third kappa shape index (κ3) is 5.39. The molecule has 1 fully saturated rings. The molecule has 1 atom stereocenters. The molecular weight excluding hydrogens is 480 g/mol. The van der Waals surface area contributed by atoms with Gasteiger partial charge in [-0.3, -0.25) is 9.59 Å². The number of hydrogen-bond acceptors (Lipinski definition) is 4. The average molecular weight is 511 g/mol. The summed E-state index contributed by atoms with van der Waals surface area (Å²) in [6, 6.07) is 22.6. The van der Waals surface area contributed by atoms with Crippen molar-refractivity contribution >= 4 is 34.8 Å². The molecule has 1 saturated heterocycles. The van der Waals surface area contributed by atoms with Crippen LogP contribution in [0.2, 0.25) is 0 Å². The van der Waals surface area contributed by atoms with Gasteiger partial charge in [-0.2, -0.15) is 0 Å². The number of anilines is 2. The Hall–Kier alpha value is -4.59. The molecule has 0 aliphatic carbocycles. The zero-order chi connectivity index (χ0) is 26.5. The van der Waals surface area contributed by atoms with Crippen molar-refractivity contribution in [2.45, 2.75) is 18.9 Å². The normalized spacial score (nSPS) is 16.8. The van der Waals surface area contributed by atoms with E-state index in [1.54, 1.807) is 42.4 Å². The second kappa shape index (κ2) is 11.2. The highest BCUT2D eigenvalue weighted by atomic mass is 16.5. The molecule has 0 aromatic heterocycles. The summed E-state index contributed by atoms with van der Waals surface area (Å²) in [5, 5.41) is 5.60. The van der Waals surface area contributed by atoms with Crippen molar-refractivity contribution in [1.82, 2.24) is 10.2 Å². The van der Waals surface area contributed by atoms with Crippen LogP contribution in [0.25, 0.3) is 5.57 Å². The van der Waals surface area contributed by atoms with E-state index in [2.05, 4.69) is 10.6 Å².